The van der Waals surface area contributed by atoms with Crippen molar-refractivity contribution in [2.45, 2.75) is 90.6 Å². The molecule has 0 radical (unpaired) electrons. The molecule has 1 nitrogen and oxygen atoms in total. The maximum atomic E-state index is 10.8. The molecule has 7 atom stereocenters. The van der Waals surface area contributed by atoms with E-state index < -0.39 is 0 Å². The van der Waals surface area contributed by atoms with E-state index >= 15 is 0 Å². The summed E-state index contributed by atoms with van der Waals surface area (Å²) in [4.78, 5) is 0. The summed E-state index contributed by atoms with van der Waals surface area (Å²) in [6.45, 7) is 7.02. The standard InChI is InChI=1S/C22H36O/c1-4-16-7-9-20-19-8-6-15-14-22(23,5-2)13-11-17(15)18(19)10-12-21(16,20)3/h4,15,17-20,23H,5-14H2,1-3H3/t15-,17+,18-,19-,20+,21-,22-/m1/s1. The Balaban J connectivity index is 1.55. The maximum Gasteiger partial charge on any atom is 0.0648 e. The van der Waals surface area contributed by atoms with Crippen molar-refractivity contribution in [1.29, 1.82) is 0 Å². The molecule has 4 rings (SSSR count). The van der Waals surface area contributed by atoms with Gasteiger partial charge in [-0.05, 0) is 106 Å². The number of aliphatic hydroxyl groups is 1. The molecule has 23 heavy (non-hydrogen) atoms. The lowest BCUT2D eigenvalue weighted by atomic mass is 9.49. The molecule has 0 amide bonds. The molecular formula is C22H36O. The Kier molecular flexibility index (Phi) is 3.95. The van der Waals surface area contributed by atoms with E-state index in [1.165, 1.54) is 44.9 Å². The molecule has 0 aromatic carbocycles. The summed E-state index contributed by atoms with van der Waals surface area (Å²) in [5.74, 6) is 4.67. The first kappa shape index (κ1) is 16.2. The molecule has 4 aliphatic carbocycles. The fourth-order valence-electron chi connectivity index (χ4n) is 7.61. The predicted octanol–water partition coefficient (Wildman–Crippen LogP) is 5.73. The third kappa shape index (κ3) is 2.36. The van der Waals surface area contributed by atoms with Crippen LogP contribution in [0.5, 0.6) is 0 Å². The van der Waals surface area contributed by atoms with Gasteiger partial charge in [-0.1, -0.05) is 25.5 Å². The summed E-state index contributed by atoms with van der Waals surface area (Å²) in [7, 11) is 0. The van der Waals surface area contributed by atoms with Crippen LogP contribution in [0.4, 0.5) is 0 Å². The van der Waals surface area contributed by atoms with Gasteiger partial charge in [-0.25, -0.2) is 0 Å². The molecule has 0 heterocycles. The van der Waals surface area contributed by atoms with Crippen molar-refractivity contribution in [1.82, 2.24) is 0 Å². The number of rotatable bonds is 1. The van der Waals surface area contributed by atoms with Crippen LogP contribution in [0.25, 0.3) is 0 Å². The fraction of sp³-hybridized carbons (Fsp3) is 0.909. The first-order valence-electron chi connectivity index (χ1n) is 10.4. The molecule has 0 aliphatic heterocycles. The SMILES string of the molecule is CC=C1CC[C@H]2[C@@H]3CC[C@@H]4C[C@@](O)(CC)CC[C@@H]4[C@H]3CC[C@]12C. The minimum absolute atomic E-state index is 0.331. The molecule has 0 saturated heterocycles. The fourth-order valence-corrected chi connectivity index (χ4v) is 7.61. The number of hydrogen-bond acceptors (Lipinski definition) is 1. The van der Waals surface area contributed by atoms with Gasteiger partial charge < -0.3 is 5.11 Å². The van der Waals surface area contributed by atoms with Crippen molar-refractivity contribution in [3.63, 3.8) is 0 Å². The summed E-state index contributed by atoms with van der Waals surface area (Å²) in [5.41, 5.74) is 1.97. The van der Waals surface area contributed by atoms with Gasteiger partial charge in [0.05, 0.1) is 5.60 Å². The first-order chi connectivity index (χ1) is 11.0. The van der Waals surface area contributed by atoms with E-state index in [0.29, 0.717) is 5.41 Å². The zero-order valence-electron chi connectivity index (χ0n) is 15.5. The predicted molar refractivity (Wildman–Crippen MR) is 96.1 cm³/mol. The quantitative estimate of drug-likeness (QED) is 0.613. The molecule has 4 fully saturated rings. The lowest BCUT2D eigenvalue weighted by molar-refractivity contribution is -0.0980. The molecule has 130 valence electrons. The lowest BCUT2D eigenvalue weighted by Gasteiger charge is -2.56. The Morgan fingerprint density at radius 1 is 1.04 bits per heavy atom. The minimum atomic E-state index is -0.331. The Morgan fingerprint density at radius 2 is 1.83 bits per heavy atom. The van der Waals surface area contributed by atoms with Gasteiger partial charge in [-0.3, -0.25) is 0 Å². The summed E-state index contributed by atoms with van der Waals surface area (Å²) >= 11 is 0. The van der Waals surface area contributed by atoms with Crippen LogP contribution in [-0.4, -0.2) is 10.7 Å². The largest absolute Gasteiger partial charge is 0.390 e. The lowest BCUT2D eigenvalue weighted by Crippen LogP contribution is -2.50. The van der Waals surface area contributed by atoms with Gasteiger partial charge in [-0.2, -0.15) is 0 Å². The van der Waals surface area contributed by atoms with Crippen LogP contribution in [0.15, 0.2) is 11.6 Å². The highest BCUT2D eigenvalue weighted by atomic mass is 16.3. The molecule has 0 aromatic rings. The van der Waals surface area contributed by atoms with Gasteiger partial charge in [0.1, 0.15) is 0 Å². The van der Waals surface area contributed by atoms with E-state index in [0.717, 1.165) is 48.9 Å². The van der Waals surface area contributed by atoms with E-state index in [4.69, 9.17) is 0 Å². The molecule has 0 spiro atoms. The Labute approximate surface area is 142 Å². The summed E-state index contributed by atoms with van der Waals surface area (Å²) in [6, 6.07) is 0. The van der Waals surface area contributed by atoms with Crippen molar-refractivity contribution in [2.75, 3.05) is 0 Å². The highest BCUT2D eigenvalue weighted by molar-refractivity contribution is 5.23. The third-order valence-corrected chi connectivity index (χ3v) is 8.96. The van der Waals surface area contributed by atoms with Gasteiger partial charge in [0.25, 0.3) is 0 Å². The van der Waals surface area contributed by atoms with Crippen LogP contribution in [0.3, 0.4) is 0 Å². The van der Waals surface area contributed by atoms with Crippen molar-refractivity contribution in [3.05, 3.63) is 11.6 Å². The third-order valence-electron chi connectivity index (χ3n) is 8.96. The van der Waals surface area contributed by atoms with E-state index in [1.54, 1.807) is 5.57 Å². The summed E-state index contributed by atoms with van der Waals surface area (Å²) < 4.78 is 0. The van der Waals surface area contributed by atoms with Gasteiger partial charge in [0.2, 0.25) is 0 Å². The molecule has 4 aliphatic rings. The van der Waals surface area contributed by atoms with Crippen molar-refractivity contribution < 1.29 is 5.11 Å². The smallest absolute Gasteiger partial charge is 0.0648 e. The second kappa shape index (κ2) is 5.61. The van der Waals surface area contributed by atoms with E-state index in [9.17, 15) is 5.11 Å². The zero-order chi connectivity index (χ0) is 16.2. The van der Waals surface area contributed by atoms with Crippen LogP contribution in [0.2, 0.25) is 0 Å². The first-order valence-corrected chi connectivity index (χ1v) is 10.4. The summed E-state index contributed by atoms with van der Waals surface area (Å²) in [5, 5.41) is 10.8. The molecular weight excluding hydrogens is 280 g/mol. The molecule has 0 aromatic heterocycles. The van der Waals surface area contributed by atoms with Gasteiger partial charge in [0.15, 0.2) is 0 Å². The Hall–Kier alpha value is -0.300. The molecule has 0 bridgehead atoms. The molecule has 4 saturated carbocycles. The maximum absolute atomic E-state index is 10.8. The highest BCUT2D eigenvalue weighted by Gasteiger charge is 2.55. The number of hydrogen-bond donors (Lipinski definition) is 1. The molecule has 1 N–H and O–H groups in total. The topological polar surface area (TPSA) is 20.2 Å². The van der Waals surface area contributed by atoms with Gasteiger partial charge in [0, 0.05) is 0 Å². The Morgan fingerprint density at radius 3 is 2.57 bits per heavy atom. The second-order valence-electron chi connectivity index (χ2n) is 9.56. The molecule has 0 unspecified atom stereocenters. The van der Waals surface area contributed by atoms with Crippen molar-refractivity contribution >= 4 is 0 Å². The van der Waals surface area contributed by atoms with Gasteiger partial charge >= 0.3 is 0 Å². The van der Waals surface area contributed by atoms with Crippen LogP contribution < -0.4 is 0 Å². The van der Waals surface area contributed by atoms with Crippen LogP contribution in [-0.2, 0) is 0 Å². The normalized spacial score (nSPS) is 54.4. The second-order valence-corrected chi connectivity index (χ2v) is 9.56. The van der Waals surface area contributed by atoms with Crippen LogP contribution >= 0.6 is 0 Å². The van der Waals surface area contributed by atoms with Crippen molar-refractivity contribution in [2.24, 2.45) is 35.0 Å². The van der Waals surface area contributed by atoms with Crippen LogP contribution in [0, 0.1) is 35.0 Å². The van der Waals surface area contributed by atoms with Crippen molar-refractivity contribution in [3.8, 4) is 0 Å². The van der Waals surface area contributed by atoms with E-state index in [2.05, 4.69) is 26.8 Å². The van der Waals surface area contributed by atoms with Crippen LogP contribution in [0.1, 0.15) is 85.0 Å². The highest BCUT2D eigenvalue weighted by Crippen LogP contribution is 2.64. The van der Waals surface area contributed by atoms with Gasteiger partial charge in [-0.15, -0.1) is 0 Å². The average molecular weight is 317 g/mol. The van der Waals surface area contributed by atoms with E-state index in [-0.39, 0.29) is 5.60 Å². The Bertz CT molecular complexity index is 494. The number of allylic oxidation sites excluding steroid dienone is 2. The zero-order valence-corrected chi connectivity index (χ0v) is 15.5. The van der Waals surface area contributed by atoms with E-state index in [1.807, 2.05) is 0 Å². The average Bonchev–Trinajstić information content (AvgIpc) is 2.90. The summed E-state index contributed by atoms with van der Waals surface area (Å²) in [6.07, 6.45) is 15.4. The minimum Gasteiger partial charge on any atom is -0.390 e. The molecule has 1 heteroatoms. The monoisotopic (exact) mass is 316 g/mol. The number of fused-ring (bicyclic) bond motifs is 5.